The van der Waals surface area contributed by atoms with Gasteiger partial charge in [-0.15, -0.1) is 0 Å². The summed E-state index contributed by atoms with van der Waals surface area (Å²) in [6.45, 7) is 10.2. The number of morpholine rings is 1. The highest BCUT2D eigenvalue weighted by molar-refractivity contribution is 5.49. The molecule has 1 aliphatic heterocycles. The largest absolute Gasteiger partial charge is 0.379 e. The Morgan fingerprint density at radius 3 is 2.70 bits per heavy atom. The van der Waals surface area contributed by atoms with Gasteiger partial charge in [0.15, 0.2) is 0 Å². The van der Waals surface area contributed by atoms with Gasteiger partial charge in [0.1, 0.15) is 5.82 Å². The van der Waals surface area contributed by atoms with Crippen LogP contribution in [0.3, 0.4) is 0 Å². The average molecular weight is 321 g/mol. The number of aromatic nitrogens is 2. The normalized spacial score (nSPS) is 15.7. The lowest BCUT2D eigenvalue weighted by atomic mass is 10.1. The van der Waals surface area contributed by atoms with Crippen molar-refractivity contribution in [3.63, 3.8) is 0 Å². The topological polar surface area (TPSA) is 76.3 Å². The van der Waals surface area contributed by atoms with Crippen LogP contribution in [0, 0.1) is 6.92 Å². The first kappa shape index (κ1) is 17.9. The number of unbranched alkanes of at least 4 members (excludes halogenated alkanes) is 2. The Morgan fingerprint density at radius 1 is 1.17 bits per heavy atom. The molecule has 0 radical (unpaired) electrons. The van der Waals surface area contributed by atoms with Crippen molar-refractivity contribution in [1.29, 1.82) is 0 Å². The van der Waals surface area contributed by atoms with E-state index in [1.165, 1.54) is 18.4 Å². The molecule has 3 N–H and O–H groups in total. The third kappa shape index (κ3) is 5.95. The smallest absolute Gasteiger partial charge is 0.222 e. The van der Waals surface area contributed by atoms with E-state index >= 15 is 0 Å². The molecular formula is C17H31N5O. The Hall–Kier alpha value is -1.40. The second kappa shape index (κ2) is 9.67. The van der Waals surface area contributed by atoms with Crippen molar-refractivity contribution in [3.05, 3.63) is 11.3 Å². The minimum Gasteiger partial charge on any atom is -0.379 e. The maximum Gasteiger partial charge on any atom is 0.222 e. The Morgan fingerprint density at radius 2 is 1.96 bits per heavy atom. The average Bonchev–Trinajstić information content (AvgIpc) is 2.54. The predicted octanol–water partition coefficient (Wildman–Crippen LogP) is 2.23. The molecule has 0 aromatic carbocycles. The molecule has 0 atom stereocenters. The van der Waals surface area contributed by atoms with Crippen LogP contribution >= 0.6 is 0 Å². The van der Waals surface area contributed by atoms with Crippen molar-refractivity contribution in [2.45, 2.75) is 46.0 Å². The second-order valence-electron chi connectivity index (χ2n) is 6.19. The monoisotopic (exact) mass is 321 g/mol. The van der Waals surface area contributed by atoms with Crippen molar-refractivity contribution in [1.82, 2.24) is 14.9 Å². The maximum absolute atomic E-state index is 5.80. The molecule has 1 aliphatic rings. The van der Waals surface area contributed by atoms with Gasteiger partial charge in [-0.25, -0.2) is 4.98 Å². The predicted molar refractivity (Wildman–Crippen MR) is 94.8 cm³/mol. The first-order chi connectivity index (χ1) is 11.2. The Bertz CT molecular complexity index is 474. The van der Waals surface area contributed by atoms with Gasteiger partial charge in [-0.2, -0.15) is 4.98 Å². The third-order valence-electron chi connectivity index (χ3n) is 4.31. The van der Waals surface area contributed by atoms with Crippen LogP contribution < -0.4 is 11.1 Å². The summed E-state index contributed by atoms with van der Waals surface area (Å²) in [5, 5.41) is 3.43. The van der Waals surface area contributed by atoms with Crippen LogP contribution in [0.15, 0.2) is 0 Å². The molecule has 6 heteroatoms. The van der Waals surface area contributed by atoms with Gasteiger partial charge in [0.05, 0.1) is 13.2 Å². The number of hydrogen-bond acceptors (Lipinski definition) is 6. The van der Waals surface area contributed by atoms with E-state index in [0.717, 1.165) is 70.2 Å². The lowest BCUT2D eigenvalue weighted by Crippen LogP contribution is -2.36. The van der Waals surface area contributed by atoms with Gasteiger partial charge in [-0.1, -0.05) is 13.3 Å². The number of hydrogen-bond donors (Lipinski definition) is 2. The number of nitrogen functional groups attached to an aromatic ring is 1. The van der Waals surface area contributed by atoms with Crippen molar-refractivity contribution in [2.24, 2.45) is 0 Å². The quantitative estimate of drug-likeness (QED) is 0.679. The summed E-state index contributed by atoms with van der Waals surface area (Å²) in [5.41, 5.74) is 8.03. The summed E-state index contributed by atoms with van der Waals surface area (Å²) in [4.78, 5) is 11.2. The first-order valence-corrected chi connectivity index (χ1v) is 8.87. The first-order valence-electron chi connectivity index (χ1n) is 8.87. The van der Waals surface area contributed by atoms with Gasteiger partial charge in [0, 0.05) is 30.9 Å². The SMILES string of the molecule is CCCCNc1nc(N)nc(C)c1CCCCN1CCOCC1. The molecule has 0 unspecified atom stereocenters. The number of aryl methyl sites for hydroxylation is 1. The lowest BCUT2D eigenvalue weighted by Gasteiger charge is -2.26. The van der Waals surface area contributed by atoms with E-state index in [9.17, 15) is 0 Å². The zero-order chi connectivity index (χ0) is 16.5. The number of nitrogens with two attached hydrogens (primary N) is 1. The summed E-state index contributed by atoms with van der Waals surface area (Å²) in [6.07, 6.45) is 5.65. The second-order valence-corrected chi connectivity index (χ2v) is 6.19. The maximum atomic E-state index is 5.80. The van der Waals surface area contributed by atoms with E-state index in [1.807, 2.05) is 6.92 Å². The number of anilines is 2. The fraction of sp³-hybridized carbons (Fsp3) is 0.765. The Kier molecular flexibility index (Phi) is 7.55. The van der Waals surface area contributed by atoms with Gasteiger partial charge >= 0.3 is 0 Å². The summed E-state index contributed by atoms with van der Waals surface area (Å²) in [7, 11) is 0. The highest BCUT2D eigenvalue weighted by atomic mass is 16.5. The van der Waals surface area contributed by atoms with Gasteiger partial charge in [0.25, 0.3) is 0 Å². The van der Waals surface area contributed by atoms with Gasteiger partial charge in [0.2, 0.25) is 5.95 Å². The van der Waals surface area contributed by atoms with Crippen molar-refractivity contribution in [2.75, 3.05) is 50.4 Å². The number of ether oxygens (including phenoxy) is 1. The van der Waals surface area contributed by atoms with Crippen LogP contribution in [-0.4, -0.2) is 54.3 Å². The standard InChI is InChI=1S/C17H31N5O/c1-3-4-8-19-16-15(14(2)20-17(18)21-16)7-5-6-9-22-10-12-23-13-11-22/h3-13H2,1-2H3,(H3,18,19,20,21). The van der Waals surface area contributed by atoms with Crippen molar-refractivity contribution in [3.8, 4) is 0 Å². The molecule has 0 amide bonds. The van der Waals surface area contributed by atoms with Gasteiger partial charge in [-0.3, -0.25) is 4.90 Å². The summed E-state index contributed by atoms with van der Waals surface area (Å²) in [6, 6.07) is 0. The molecule has 0 aliphatic carbocycles. The zero-order valence-corrected chi connectivity index (χ0v) is 14.6. The summed E-state index contributed by atoms with van der Waals surface area (Å²) in [5.74, 6) is 1.29. The van der Waals surface area contributed by atoms with Crippen LogP contribution in [0.25, 0.3) is 0 Å². The number of nitrogens with one attached hydrogen (secondary N) is 1. The van der Waals surface area contributed by atoms with E-state index < -0.39 is 0 Å². The van der Waals surface area contributed by atoms with E-state index in [4.69, 9.17) is 10.5 Å². The zero-order valence-electron chi connectivity index (χ0n) is 14.6. The molecule has 1 saturated heterocycles. The van der Waals surface area contributed by atoms with Gasteiger partial charge in [-0.05, 0) is 39.2 Å². The van der Waals surface area contributed by atoms with Crippen LogP contribution in [0.1, 0.15) is 43.9 Å². The Labute approximate surface area is 139 Å². The molecule has 23 heavy (non-hydrogen) atoms. The molecule has 1 aromatic rings. The highest BCUT2D eigenvalue weighted by Gasteiger charge is 2.12. The molecule has 6 nitrogen and oxygen atoms in total. The van der Waals surface area contributed by atoms with Crippen molar-refractivity contribution >= 4 is 11.8 Å². The molecule has 1 aromatic heterocycles. The fourth-order valence-corrected chi connectivity index (χ4v) is 2.91. The Balaban J connectivity index is 1.84. The van der Waals surface area contributed by atoms with Crippen LogP contribution in [-0.2, 0) is 11.2 Å². The van der Waals surface area contributed by atoms with Crippen LogP contribution in [0.5, 0.6) is 0 Å². The molecule has 2 rings (SSSR count). The van der Waals surface area contributed by atoms with Gasteiger partial charge < -0.3 is 15.8 Å². The lowest BCUT2D eigenvalue weighted by molar-refractivity contribution is 0.0372. The van der Waals surface area contributed by atoms with E-state index in [-0.39, 0.29) is 0 Å². The molecule has 0 bridgehead atoms. The minimum absolute atomic E-state index is 0.360. The van der Waals surface area contributed by atoms with E-state index in [2.05, 4.69) is 27.1 Å². The summed E-state index contributed by atoms with van der Waals surface area (Å²) >= 11 is 0. The third-order valence-corrected chi connectivity index (χ3v) is 4.31. The molecular weight excluding hydrogens is 290 g/mol. The molecule has 130 valence electrons. The molecule has 0 saturated carbocycles. The van der Waals surface area contributed by atoms with Crippen LogP contribution in [0.4, 0.5) is 11.8 Å². The number of nitrogens with zero attached hydrogens (tertiary/aromatic N) is 3. The van der Waals surface area contributed by atoms with E-state index in [0.29, 0.717) is 5.95 Å². The van der Waals surface area contributed by atoms with Crippen LogP contribution in [0.2, 0.25) is 0 Å². The molecule has 2 heterocycles. The number of rotatable bonds is 9. The van der Waals surface area contributed by atoms with Crippen molar-refractivity contribution < 1.29 is 4.74 Å². The van der Waals surface area contributed by atoms with E-state index in [1.54, 1.807) is 0 Å². The summed E-state index contributed by atoms with van der Waals surface area (Å²) < 4.78 is 5.39. The molecule has 0 spiro atoms. The highest BCUT2D eigenvalue weighted by Crippen LogP contribution is 2.20. The minimum atomic E-state index is 0.360. The fourth-order valence-electron chi connectivity index (χ4n) is 2.91. The molecule has 1 fully saturated rings.